The Morgan fingerprint density at radius 3 is 2.55 bits per heavy atom. The summed E-state index contributed by atoms with van der Waals surface area (Å²) in [6.45, 7) is 13.8. The molecule has 2 aliphatic rings. The van der Waals surface area contributed by atoms with Crippen LogP contribution in [0.1, 0.15) is 66.9 Å². The number of carbonyl (C=O) groups is 1. The van der Waals surface area contributed by atoms with E-state index in [1.54, 1.807) is 11.0 Å². The predicted molar refractivity (Wildman–Crippen MR) is 155 cm³/mol. The molecular formula is C32H40N2O6. The van der Waals surface area contributed by atoms with Gasteiger partial charge in [-0.25, -0.2) is 0 Å². The predicted octanol–water partition coefficient (Wildman–Crippen LogP) is 5.19. The largest absolute Gasteiger partial charge is 0.490 e. The van der Waals surface area contributed by atoms with E-state index in [1.165, 1.54) is 0 Å². The van der Waals surface area contributed by atoms with Gasteiger partial charge in [-0.1, -0.05) is 31.5 Å². The minimum absolute atomic E-state index is 0.132. The zero-order valence-electron chi connectivity index (χ0n) is 24.0. The van der Waals surface area contributed by atoms with Gasteiger partial charge in [0.1, 0.15) is 5.58 Å². The summed E-state index contributed by atoms with van der Waals surface area (Å²) in [5, 5.41) is 0.491. The number of benzene rings is 2. The molecule has 40 heavy (non-hydrogen) atoms. The Kier molecular flexibility index (Phi) is 8.76. The lowest BCUT2D eigenvalue weighted by atomic mass is 9.97. The minimum atomic E-state index is -0.572. The Morgan fingerprint density at radius 2 is 1.80 bits per heavy atom. The topological polar surface area (TPSA) is 81.5 Å². The van der Waals surface area contributed by atoms with Crippen LogP contribution in [0, 0.1) is 12.8 Å². The molecule has 8 nitrogen and oxygen atoms in total. The molecule has 0 N–H and O–H groups in total. The van der Waals surface area contributed by atoms with Crippen molar-refractivity contribution in [2.24, 2.45) is 5.92 Å². The van der Waals surface area contributed by atoms with Crippen molar-refractivity contribution in [3.05, 3.63) is 69.1 Å². The number of nitrogens with zero attached hydrogens (tertiary/aromatic N) is 2. The van der Waals surface area contributed by atoms with Crippen molar-refractivity contribution in [1.29, 1.82) is 0 Å². The van der Waals surface area contributed by atoms with Crippen LogP contribution in [0.2, 0.25) is 0 Å². The summed E-state index contributed by atoms with van der Waals surface area (Å²) >= 11 is 0. The van der Waals surface area contributed by atoms with Crippen LogP contribution in [0.4, 0.5) is 0 Å². The van der Waals surface area contributed by atoms with Gasteiger partial charge in [0.05, 0.1) is 43.4 Å². The molecule has 1 aromatic heterocycles. The third-order valence-corrected chi connectivity index (χ3v) is 7.63. The average Bonchev–Trinajstić information content (AvgIpc) is 3.22. The maximum atomic E-state index is 13.9. The Hall–Kier alpha value is -3.36. The molecule has 3 aromatic rings. The van der Waals surface area contributed by atoms with Gasteiger partial charge in [0.25, 0.3) is 5.91 Å². The van der Waals surface area contributed by atoms with Gasteiger partial charge in [-0.15, -0.1) is 0 Å². The first-order valence-electron chi connectivity index (χ1n) is 14.4. The fraction of sp³-hybridized carbons (Fsp3) is 0.500. The van der Waals surface area contributed by atoms with Crippen LogP contribution in [0.15, 0.2) is 45.6 Å². The van der Waals surface area contributed by atoms with Crippen molar-refractivity contribution >= 4 is 16.9 Å². The van der Waals surface area contributed by atoms with Gasteiger partial charge < -0.3 is 23.5 Å². The van der Waals surface area contributed by atoms with E-state index < -0.39 is 6.04 Å². The van der Waals surface area contributed by atoms with Crippen molar-refractivity contribution in [2.45, 2.75) is 46.6 Å². The third-order valence-electron chi connectivity index (χ3n) is 7.63. The van der Waals surface area contributed by atoms with E-state index in [0.717, 1.165) is 56.8 Å². The van der Waals surface area contributed by atoms with Crippen LogP contribution in [-0.4, -0.2) is 68.3 Å². The summed E-state index contributed by atoms with van der Waals surface area (Å²) in [6, 6.07) is 10.7. The highest BCUT2D eigenvalue weighted by Crippen LogP contribution is 2.41. The Balaban J connectivity index is 1.52. The van der Waals surface area contributed by atoms with Crippen molar-refractivity contribution < 1.29 is 23.4 Å². The van der Waals surface area contributed by atoms with Crippen molar-refractivity contribution in [2.75, 3.05) is 52.6 Å². The molecular weight excluding hydrogens is 508 g/mol. The lowest BCUT2D eigenvalue weighted by Gasteiger charge is -2.29. The Bertz CT molecular complexity index is 1410. The molecule has 1 amide bonds. The van der Waals surface area contributed by atoms with Gasteiger partial charge in [0.15, 0.2) is 16.9 Å². The second-order valence-electron chi connectivity index (χ2n) is 11.1. The summed E-state index contributed by atoms with van der Waals surface area (Å²) in [5.74, 6) is 1.68. The van der Waals surface area contributed by atoms with E-state index >= 15 is 0 Å². The average molecular weight is 549 g/mol. The highest BCUT2D eigenvalue weighted by molar-refractivity contribution is 5.99. The maximum absolute atomic E-state index is 13.9. The molecule has 5 rings (SSSR count). The molecule has 1 fully saturated rings. The van der Waals surface area contributed by atoms with Gasteiger partial charge in [-0.3, -0.25) is 14.5 Å². The summed E-state index contributed by atoms with van der Waals surface area (Å²) in [4.78, 5) is 31.9. The first kappa shape index (κ1) is 28.2. The third kappa shape index (κ3) is 5.88. The highest BCUT2D eigenvalue weighted by atomic mass is 16.5. The number of morpholine rings is 1. The minimum Gasteiger partial charge on any atom is -0.490 e. The number of carbonyl (C=O) groups excluding carboxylic acids is 1. The first-order valence-corrected chi connectivity index (χ1v) is 14.4. The molecule has 8 heteroatoms. The molecule has 1 unspecified atom stereocenters. The molecule has 2 aliphatic heterocycles. The van der Waals surface area contributed by atoms with E-state index in [1.807, 2.05) is 44.2 Å². The van der Waals surface area contributed by atoms with Crippen molar-refractivity contribution in [3.63, 3.8) is 0 Å². The fourth-order valence-electron chi connectivity index (χ4n) is 5.49. The van der Waals surface area contributed by atoms with E-state index in [4.69, 9.17) is 18.6 Å². The van der Waals surface area contributed by atoms with E-state index in [2.05, 4.69) is 18.7 Å². The van der Waals surface area contributed by atoms with Gasteiger partial charge in [-0.2, -0.15) is 0 Å². The van der Waals surface area contributed by atoms with E-state index in [9.17, 15) is 9.59 Å². The number of hydrogen-bond donors (Lipinski definition) is 0. The monoisotopic (exact) mass is 548 g/mol. The number of aryl methyl sites for hydroxylation is 1. The lowest BCUT2D eigenvalue weighted by Crippen LogP contribution is -2.38. The zero-order valence-corrected chi connectivity index (χ0v) is 24.0. The quantitative estimate of drug-likeness (QED) is 0.326. The van der Waals surface area contributed by atoms with Crippen LogP contribution in [-0.2, 0) is 4.74 Å². The van der Waals surface area contributed by atoms with Gasteiger partial charge >= 0.3 is 0 Å². The summed E-state index contributed by atoms with van der Waals surface area (Å²) in [6.07, 6.45) is 1.71. The smallest absolute Gasteiger partial charge is 0.290 e. The maximum Gasteiger partial charge on any atom is 0.290 e. The van der Waals surface area contributed by atoms with Crippen LogP contribution in [0.5, 0.6) is 11.5 Å². The molecule has 3 heterocycles. The SMILES string of the molecule is CCOc1cc(C2c3c(oc4ccc(C)cc4c3=O)C(=O)N2CCCN2CCOCC2)ccc1OCCC(C)C. The van der Waals surface area contributed by atoms with E-state index in [-0.39, 0.29) is 17.1 Å². The number of rotatable bonds is 11. The second-order valence-corrected chi connectivity index (χ2v) is 11.1. The van der Waals surface area contributed by atoms with Crippen LogP contribution in [0.25, 0.3) is 11.0 Å². The molecule has 1 atom stereocenters. The van der Waals surface area contributed by atoms with E-state index in [0.29, 0.717) is 53.7 Å². The number of ether oxygens (including phenoxy) is 3. The second kappa shape index (κ2) is 12.4. The van der Waals surface area contributed by atoms with Crippen molar-refractivity contribution in [1.82, 2.24) is 9.80 Å². The fourth-order valence-corrected chi connectivity index (χ4v) is 5.49. The number of fused-ring (bicyclic) bond motifs is 2. The van der Waals surface area contributed by atoms with Gasteiger partial charge in [-0.05, 0) is 62.4 Å². The van der Waals surface area contributed by atoms with Gasteiger partial charge in [0.2, 0.25) is 5.76 Å². The standard InChI is InChI=1S/C32H40N2O6/c1-5-38-27-20-23(8-10-26(27)39-16-11-21(2)3)29-28-30(35)24-19-22(4)7-9-25(24)40-31(28)32(36)34(29)13-6-12-33-14-17-37-18-15-33/h7-10,19-21,29H,5-6,11-18H2,1-4H3. The summed E-state index contributed by atoms with van der Waals surface area (Å²) in [7, 11) is 0. The van der Waals surface area contributed by atoms with Crippen LogP contribution >= 0.6 is 0 Å². The molecule has 0 aliphatic carbocycles. The zero-order chi connectivity index (χ0) is 28.2. The molecule has 0 bridgehead atoms. The molecule has 0 radical (unpaired) electrons. The molecule has 2 aromatic carbocycles. The van der Waals surface area contributed by atoms with Gasteiger partial charge in [0, 0.05) is 26.2 Å². The van der Waals surface area contributed by atoms with Crippen LogP contribution < -0.4 is 14.9 Å². The number of amides is 1. The summed E-state index contributed by atoms with van der Waals surface area (Å²) < 4.78 is 23.6. The Labute approximate surface area is 235 Å². The molecule has 214 valence electrons. The highest BCUT2D eigenvalue weighted by Gasteiger charge is 2.42. The molecule has 0 saturated carbocycles. The Morgan fingerprint density at radius 1 is 1.00 bits per heavy atom. The number of hydrogen-bond acceptors (Lipinski definition) is 7. The molecule has 0 spiro atoms. The van der Waals surface area contributed by atoms with Crippen LogP contribution in [0.3, 0.4) is 0 Å². The van der Waals surface area contributed by atoms with Crippen molar-refractivity contribution in [3.8, 4) is 11.5 Å². The first-order chi connectivity index (χ1) is 19.4. The normalized spacial score (nSPS) is 17.6. The summed E-state index contributed by atoms with van der Waals surface area (Å²) in [5.41, 5.74) is 2.43. The lowest BCUT2D eigenvalue weighted by molar-refractivity contribution is 0.0353. The molecule has 1 saturated heterocycles.